The minimum absolute atomic E-state index is 0.725. The van der Waals surface area contributed by atoms with Gasteiger partial charge in [-0.1, -0.05) is 31.2 Å². The highest BCUT2D eigenvalue weighted by atomic mass is 15.2. The first-order valence-corrected chi connectivity index (χ1v) is 6.17. The molecule has 1 aromatic rings. The average molecular weight is 214 g/mol. The molecule has 0 radical (unpaired) electrons. The Kier molecular flexibility index (Phi) is 2.23. The Morgan fingerprint density at radius 2 is 2.12 bits per heavy atom. The summed E-state index contributed by atoms with van der Waals surface area (Å²) in [5, 5.41) is 8.17. The molecule has 1 heterocycles. The van der Waals surface area contributed by atoms with E-state index in [9.17, 15) is 0 Å². The van der Waals surface area contributed by atoms with E-state index < -0.39 is 0 Å². The van der Waals surface area contributed by atoms with Crippen LogP contribution in [0.15, 0.2) is 24.3 Å². The zero-order valence-corrected chi connectivity index (χ0v) is 9.74. The zero-order valence-electron chi connectivity index (χ0n) is 9.74. The molecule has 2 heteroatoms. The summed E-state index contributed by atoms with van der Waals surface area (Å²) in [7, 11) is 0. The molecular weight excluding hydrogens is 196 g/mol. The fraction of sp³-hybridized carbons (Fsp3) is 0.500. The Labute approximate surface area is 96.8 Å². The first-order valence-electron chi connectivity index (χ1n) is 6.17. The van der Waals surface area contributed by atoms with Crippen molar-refractivity contribution in [3.8, 4) is 0 Å². The molecule has 1 saturated carbocycles. The molecule has 16 heavy (non-hydrogen) atoms. The molecule has 2 aliphatic rings. The van der Waals surface area contributed by atoms with Crippen molar-refractivity contribution in [3.63, 3.8) is 0 Å². The third-order valence-corrected chi connectivity index (χ3v) is 3.89. The van der Waals surface area contributed by atoms with Crippen LogP contribution in [0.2, 0.25) is 0 Å². The predicted molar refractivity (Wildman–Crippen MR) is 65.6 cm³/mol. The van der Waals surface area contributed by atoms with E-state index in [1.807, 2.05) is 6.07 Å². The largest absolute Gasteiger partial charge is 0.352 e. The lowest BCUT2D eigenvalue weighted by Gasteiger charge is -2.22. The van der Waals surface area contributed by atoms with Crippen LogP contribution in [-0.2, 0) is 6.54 Å². The summed E-state index contributed by atoms with van der Waals surface area (Å²) in [5.74, 6) is 2.40. The van der Waals surface area contributed by atoms with Crippen LogP contribution in [0.1, 0.15) is 30.9 Å². The van der Waals surface area contributed by atoms with Crippen molar-refractivity contribution in [2.45, 2.75) is 26.3 Å². The third-order valence-electron chi connectivity index (χ3n) is 3.89. The van der Waals surface area contributed by atoms with Crippen molar-refractivity contribution in [1.82, 2.24) is 4.90 Å². The van der Waals surface area contributed by atoms with Crippen LogP contribution in [0.5, 0.6) is 0 Å². The van der Waals surface area contributed by atoms with Crippen LogP contribution in [0, 0.1) is 17.2 Å². The van der Waals surface area contributed by atoms with Gasteiger partial charge in [0, 0.05) is 18.7 Å². The average Bonchev–Trinajstić information content (AvgIpc) is 3.08. The van der Waals surface area contributed by atoms with Gasteiger partial charge in [0.25, 0.3) is 0 Å². The van der Waals surface area contributed by atoms with Crippen molar-refractivity contribution >= 4 is 5.84 Å². The summed E-state index contributed by atoms with van der Waals surface area (Å²) in [6, 6.07) is 8.31. The molecule has 1 aliphatic heterocycles. The molecule has 0 saturated heterocycles. The Bertz CT molecular complexity index is 420. The van der Waals surface area contributed by atoms with Gasteiger partial charge in [0.2, 0.25) is 0 Å². The Hall–Kier alpha value is -1.31. The van der Waals surface area contributed by atoms with Crippen LogP contribution >= 0.6 is 0 Å². The molecule has 1 aliphatic carbocycles. The van der Waals surface area contributed by atoms with Gasteiger partial charge in [-0.15, -0.1) is 0 Å². The number of rotatable bonds is 3. The van der Waals surface area contributed by atoms with Crippen LogP contribution in [0.3, 0.4) is 0 Å². The van der Waals surface area contributed by atoms with E-state index in [0.29, 0.717) is 0 Å². The second-order valence-corrected chi connectivity index (χ2v) is 5.20. The second-order valence-electron chi connectivity index (χ2n) is 5.20. The molecule has 3 rings (SSSR count). The monoisotopic (exact) mass is 214 g/mol. The molecule has 1 unspecified atom stereocenters. The van der Waals surface area contributed by atoms with E-state index >= 15 is 0 Å². The van der Waals surface area contributed by atoms with E-state index in [4.69, 9.17) is 5.41 Å². The van der Waals surface area contributed by atoms with Gasteiger partial charge in [-0.2, -0.15) is 0 Å². The first kappa shape index (κ1) is 9.88. The summed E-state index contributed by atoms with van der Waals surface area (Å²) in [6.07, 6.45) is 2.80. The number of nitrogens with one attached hydrogen (secondary N) is 1. The minimum Gasteiger partial charge on any atom is -0.352 e. The molecule has 1 fully saturated rings. The molecular formula is C14H18N2. The number of benzene rings is 1. The van der Waals surface area contributed by atoms with E-state index in [2.05, 4.69) is 30.0 Å². The van der Waals surface area contributed by atoms with Crippen molar-refractivity contribution in [2.24, 2.45) is 11.8 Å². The maximum absolute atomic E-state index is 8.17. The summed E-state index contributed by atoms with van der Waals surface area (Å²) < 4.78 is 0. The molecule has 1 atom stereocenters. The summed E-state index contributed by atoms with van der Waals surface area (Å²) in [5.41, 5.74) is 2.45. The summed E-state index contributed by atoms with van der Waals surface area (Å²) in [4.78, 5) is 2.23. The van der Waals surface area contributed by atoms with Gasteiger partial charge in [0.05, 0.1) is 0 Å². The molecule has 2 nitrogen and oxygen atoms in total. The zero-order chi connectivity index (χ0) is 11.1. The van der Waals surface area contributed by atoms with Crippen LogP contribution in [0.4, 0.5) is 0 Å². The van der Waals surface area contributed by atoms with Crippen molar-refractivity contribution < 1.29 is 0 Å². The van der Waals surface area contributed by atoms with Crippen LogP contribution in [-0.4, -0.2) is 17.3 Å². The van der Waals surface area contributed by atoms with E-state index in [1.165, 1.54) is 18.4 Å². The van der Waals surface area contributed by atoms with E-state index in [1.54, 1.807) is 0 Å². The molecule has 0 aromatic heterocycles. The van der Waals surface area contributed by atoms with Crippen LogP contribution in [0.25, 0.3) is 0 Å². The third kappa shape index (κ3) is 1.62. The van der Waals surface area contributed by atoms with Gasteiger partial charge in [-0.3, -0.25) is 5.41 Å². The highest BCUT2D eigenvalue weighted by Crippen LogP contribution is 2.37. The predicted octanol–water partition coefficient (Wildman–Crippen LogP) is 2.87. The number of amidine groups is 1. The minimum atomic E-state index is 0.725. The molecule has 1 N–H and O–H groups in total. The molecule has 0 amide bonds. The van der Waals surface area contributed by atoms with Gasteiger partial charge in [0.15, 0.2) is 0 Å². The molecule has 1 aromatic carbocycles. The molecule has 84 valence electrons. The smallest absolute Gasteiger partial charge is 0.128 e. The highest BCUT2D eigenvalue weighted by molar-refractivity contribution is 6.00. The summed E-state index contributed by atoms with van der Waals surface area (Å²) >= 11 is 0. The standard InChI is InChI=1S/C14H18N2/c1-10(11-6-7-11)8-16-9-12-4-2-3-5-13(12)14(16)15/h2-5,10-11,15H,6-9H2,1H3. The molecule has 0 spiro atoms. The van der Waals surface area contributed by atoms with Crippen molar-refractivity contribution in [3.05, 3.63) is 35.4 Å². The van der Waals surface area contributed by atoms with Gasteiger partial charge < -0.3 is 4.90 Å². The quantitative estimate of drug-likeness (QED) is 0.823. The lowest BCUT2D eigenvalue weighted by molar-refractivity contribution is 0.332. The van der Waals surface area contributed by atoms with Gasteiger partial charge in [-0.25, -0.2) is 0 Å². The lowest BCUT2D eigenvalue weighted by atomic mass is 10.1. The van der Waals surface area contributed by atoms with Gasteiger partial charge in [-0.05, 0) is 30.2 Å². The van der Waals surface area contributed by atoms with Crippen molar-refractivity contribution in [2.75, 3.05) is 6.54 Å². The van der Waals surface area contributed by atoms with E-state index in [0.717, 1.165) is 36.3 Å². The maximum atomic E-state index is 8.17. The normalized spacial score (nSPS) is 21.1. The fourth-order valence-electron chi connectivity index (χ4n) is 2.66. The SMILES string of the molecule is CC(CN1Cc2ccccc2C1=N)C1CC1. The van der Waals surface area contributed by atoms with E-state index in [-0.39, 0.29) is 0 Å². The topological polar surface area (TPSA) is 27.1 Å². The Balaban J connectivity index is 1.74. The molecule has 0 bridgehead atoms. The van der Waals surface area contributed by atoms with Gasteiger partial charge >= 0.3 is 0 Å². The van der Waals surface area contributed by atoms with Crippen molar-refractivity contribution in [1.29, 1.82) is 5.41 Å². The number of hydrogen-bond acceptors (Lipinski definition) is 1. The van der Waals surface area contributed by atoms with Gasteiger partial charge in [0.1, 0.15) is 5.84 Å². The Morgan fingerprint density at radius 3 is 2.81 bits per heavy atom. The first-order chi connectivity index (χ1) is 7.75. The number of nitrogens with zero attached hydrogens (tertiary/aromatic N) is 1. The fourth-order valence-corrected chi connectivity index (χ4v) is 2.66. The Morgan fingerprint density at radius 1 is 1.38 bits per heavy atom. The number of hydrogen-bond donors (Lipinski definition) is 1. The lowest BCUT2D eigenvalue weighted by Crippen LogP contribution is -2.29. The highest BCUT2D eigenvalue weighted by Gasteiger charge is 2.32. The summed E-state index contributed by atoms with van der Waals surface area (Å²) in [6.45, 7) is 4.32. The van der Waals surface area contributed by atoms with Crippen LogP contribution < -0.4 is 0 Å². The maximum Gasteiger partial charge on any atom is 0.128 e. The second kappa shape index (κ2) is 3.62. The number of fused-ring (bicyclic) bond motifs is 1.